The van der Waals surface area contributed by atoms with Gasteiger partial charge in [0.1, 0.15) is 19.3 Å². The van der Waals surface area contributed by atoms with E-state index in [9.17, 15) is 14.3 Å². The Labute approximate surface area is 298 Å². The van der Waals surface area contributed by atoms with Crippen molar-refractivity contribution in [3.05, 3.63) is 0 Å². The van der Waals surface area contributed by atoms with E-state index in [2.05, 4.69) is 13.8 Å². The van der Waals surface area contributed by atoms with Crippen molar-refractivity contribution in [1.82, 2.24) is 0 Å². The molecule has 0 aliphatic carbocycles. The van der Waals surface area contributed by atoms with Gasteiger partial charge in [-0.15, -0.1) is 0 Å². The summed E-state index contributed by atoms with van der Waals surface area (Å²) in [5.74, 6) is -0.310. The minimum absolute atomic E-state index is 0.0934. The number of rotatable bonds is 38. The largest absolute Gasteiger partial charge is 0.472 e. The summed E-state index contributed by atoms with van der Waals surface area (Å²) in [6, 6.07) is 0. The molecule has 0 aliphatic rings. The Balaban J connectivity index is 4.17. The highest BCUT2D eigenvalue weighted by atomic mass is 31.2. The lowest BCUT2D eigenvalue weighted by molar-refractivity contribution is -0.870. The van der Waals surface area contributed by atoms with E-state index >= 15 is 0 Å². The molecule has 0 bridgehead atoms. The maximum absolute atomic E-state index is 12.6. The van der Waals surface area contributed by atoms with Gasteiger partial charge in [0.15, 0.2) is 0 Å². The van der Waals surface area contributed by atoms with Crippen LogP contribution < -0.4 is 0 Å². The molecule has 0 heterocycles. The van der Waals surface area contributed by atoms with Crippen LogP contribution in [0.15, 0.2) is 0 Å². The Hall–Kier alpha value is -0.500. The first-order chi connectivity index (χ1) is 23.1. The van der Waals surface area contributed by atoms with Gasteiger partial charge in [0.05, 0.1) is 34.4 Å². The van der Waals surface area contributed by atoms with Gasteiger partial charge < -0.3 is 18.9 Å². The van der Waals surface area contributed by atoms with Crippen molar-refractivity contribution >= 4 is 13.8 Å². The second-order valence-corrected chi connectivity index (χ2v) is 16.5. The number of carbonyl (C=O) groups excluding carboxylic acids is 1. The summed E-state index contributed by atoms with van der Waals surface area (Å²) in [5, 5.41) is 0. The van der Waals surface area contributed by atoms with Crippen molar-refractivity contribution in [2.45, 2.75) is 193 Å². The number of nitrogens with zero attached hydrogens (tertiary/aromatic N) is 1. The van der Waals surface area contributed by atoms with Crippen LogP contribution in [0.25, 0.3) is 0 Å². The first-order valence-corrected chi connectivity index (χ1v) is 21.8. The van der Waals surface area contributed by atoms with Gasteiger partial charge in [-0.05, 0) is 12.8 Å². The molecule has 0 saturated carbocycles. The third kappa shape index (κ3) is 36.8. The molecule has 9 heteroatoms. The molecule has 2 atom stereocenters. The average Bonchev–Trinajstić information content (AvgIpc) is 3.03. The molecule has 1 N–H and O–H groups in total. The van der Waals surface area contributed by atoms with Gasteiger partial charge in [-0.2, -0.15) is 0 Å². The van der Waals surface area contributed by atoms with E-state index in [-0.39, 0.29) is 25.8 Å². The molecule has 0 fully saturated rings. The summed E-state index contributed by atoms with van der Waals surface area (Å²) in [6.45, 7) is 5.65. The number of hydrogen-bond donors (Lipinski definition) is 1. The summed E-state index contributed by atoms with van der Waals surface area (Å²) < 4.78 is 34.8. The smallest absolute Gasteiger partial charge is 0.457 e. The topological polar surface area (TPSA) is 91.3 Å². The molecule has 0 saturated heterocycles. The third-order valence-electron chi connectivity index (χ3n) is 8.92. The van der Waals surface area contributed by atoms with Crippen LogP contribution in [0.2, 0.25) is 0 Å². The first kappa shape index (κ1) is 47.5. The Morgan fingerprint density at radius 2 is 0.958 bits per heavy atom. The standard InChI is InChI=1S/C39H80NO7P/c1-6-8-10-12-14-16-17-18-19-20-21-22-23-24-26-28-30-32-39(41)47-38(37-46-48(42,43)45-35-33-40(3,4)5)36-44-34-31-29-27-25-15-13-11-9-7-2/h38H,6-37H2,1-5H3/p+1. The van der Waals surface area contributed by atoms with Crippen LogP contribution in [-0.4, -0.2) is 75.6 Å². The van der Waals surface area contributed by atoms with Crippen LogP contribution in [-0.2, 0) is 27.9 Å². The SMILES string of the molecule is CCCCCCCCCCCCCCCCCCCC(=O)OC(COCCCCCCCCCCC)COP(=O)(O)OCC[N+](C)(C)C. The predicted molar refractivity (Wildman–Crippen MR) is 201 cm³/mol. The molecule has 0 aromatic carbocycles. The third-order valence-corrected chi connectivity index (χ3v) is 9.90. The van der Waals surface area contributed by atoms with Gasteiger partial charge in [-0.1, -0.05) is 168 Å². The summed E-state index contributed by atoms with van der Waals surface area (Å²) in [6.07, 6.45) is 32.7. The number of carbonyl (C=O) groups is 1. The zero-order chi connectivity index (χ0) is 35.6. The molecule has 0 aromatic rings. The molecule has 0 rings (SSSR count). The van der Waals surface area contributed by atoms with Crippen LogP contribution in [0, 0.1) is 0 Å². The van der Waals surface area contributed by atoms with E-state index < -0.39 is 13.9 Å². The molecule has 8 nitrogen and oxygen atoms in total. The zero-order valence-electron chi connectivity index (χ0n) is 32.5. The number of phosphoric acid groups is 1. The van der Waals surface area contributed by atoms with Crippen molar-refractivity contribution in [3.8, 4) is 0 Å². The Morgan fingerprint density at radius 3 is 1.38 bits per heavy atom. The number of likely N-dealkylation sites (N-methyl/N-ethyl adjacent to an activating group) is 1. The van der Waals surface area contributed by atoms with Gasteiger partial charge in [0, 0.05) is 13.0 Å². The number of unbranched alkanes of at least 4 members (excludes halogenated alkanes) is 24. The predicted octanol–water partition coefficient (Wildman–Crippen LogP) is 11.3. The van der Waals surface area contributed by atoms with E-state index in [1.807, 2.05) is 21.1 Å². The second-order valence-electron chi connectivity index (χ2n) is 15.0. The molecule has 48 heavy (non-hydrogen) atoms. The van der Waals surface area contributed by atoms with Crippen LogP contribution in [0.4, 0.5) is 0 Å². The minimum Gasteiger partial charge on any atom is -0.457 e. The first-order valence-electron chi connectivity index (χ1n) is 20.3. The van der Waals surface area contributed by atoms with E-state index in [1.165, 1.54) is 135 Å². The monoisotopic (exact) mass is 707 g/mol. The quantitative estimate of drug-likeness (QED) is 0.0296. The molecule has 0 aromatic heterocycles. The van der Waals surface area contributed by atoms with Gasteiger partial charge >= 0.3 is 13.8 Å². The van der Waals surface area contributed by atoms with Crippen molar-refractivity contribution in [2.75, 3.05) is 54.1 Å². The number of hydrogen-bond acceptors (Lipinski definition) is 6. The van der Waals surface area contributed by atoms with Crippen molar-refractivity contribution in [3.63, 3.8) is 0 Å². The number of ether oxygens (including phenoxy) is 2. The maximum atomic E-state index is 12.6. The number of quaternary nitrogens is 1. The van der Waals surface area contributed by atoms with Gasteiger partial charge in [-0.3, -0.25) is 13.8 Å². The molecule has 0 spiro atoms. The summed E-state index contributed by atoms with van der Waals surface area (Å²) in [7, 11) is 1.68. The van der Waals surface area contributed by atoms with E-state index in [1.54, 1.807) is 0 Å². The van der Waals surface area contributed by atoms with Gasteiger partial charge in [0.25, 0.3) is 0 Å². The second kappa shape index (κ2) is 33.6. The highest BCUT2D eigenvalue weighted by molar-refractivity contribution is 7.47. The average molecular weight is 707 g/mol. The summed E-state index contributed by atoms with van der Waals surface area (Å²) in [5.41, 5.74) is 0. The molecule has 0 aliphatic heterocycles. The van der Waals surface area contributed by atoms with E-state index in [4.69, 9.17) is 18.5 Å². The Bertz CT molecular complexity index is 746. The highest BCUT2D eigenvalue weighted by Crippen LogP contribution is 2.43. The summed E-state index contributed by atoms with van der Waals surface area (Å²) >= 11 is 0. The van der Waals surface area contributed by atoms with Crippen LogP contribution in [0.5, 0.6) is 0 Å². The van der Waals surface area contributed by atoms with Crippen LogP contribution >= 0.6 is 7.82 Å². The Morgan fingerprint density at radius 1 is 0.562 bits per heavy atom. The van der Waals surface area contributed by atoms with Crippen molar-refractivity contribution in [1.29, 1.82) is 0 Å². The van der Waals surface area contributed by atoms with Gasteiger partial charge in [0.2, 0.25) is 0 Å². The molecule has 0 amide bonds. The molecule has 2 unspecified atom stereocenters. The van der Waals surface area contributed by atoms with Crippen LogP contribution in [0.3, 0.4) is 0 Å². The molecule has 0 radical (unpaired) electrons. The zero-order valence-corrected chi connectivity index (χ0v) is 33.4. The lowest BCUT2D eigenvalue weighted by Crippen LogP contribution is -2.37. The fourth-order valence-corrected chi connectivity index (χ4v) is 6.47. The maximum Gasteiger partial charge on any atom is 0.472 e. The molecular formula is C39H81NO7P+. The lowest BCUT2D eigenvalue weighted by Gasteiger charge is -2.24. The van der Waals surface area contributed by atoms with Gasteiger partial charge in [-0.25, -0.2) is 4.57 Å². The number of esters is 1. The minimum atomic E-state index is -4.26. The normalized spacial score (nSPS) is 13.9. The van der Waals surface area contributed by atoms with Crippen molar-refractivity contribution in [2.24, 2.45) is 0 Å². The molecular weight excluding hydrogens is 625 g/mol. The molecule has 288 valence electrons. The van der Waals surface area contributed by atoms with E-state index in [0.29, 0.717) is 24.1 Å². The fraction of sp³-hybridized carbons (Fsp3) is 0.974. The fourth-order valence-electron chi connectivity index (χ4n) is 5.73. The summed E-state index contributed by atoms with van der Waals surface area (Å²) in [4.78, 5) is 22.8. The highest BCUT2D eigenvalue weighted by Gasteiger charge is 2.26. The van der Waals surface area contributed by atoms with E-state index in [0.717, 1.165) is 32.1 Å². The Kier molecular flexibility index (Phi) is 33.3. The van der Waals surface area contributed by atoms with Crippen LogP contribution in [0.1, 0.15) is 187 Å². The lowest BCUT2D eigenvalue weighted by atomic mass is 10.0. The number of phosphoric ester groups is 1. The van der Waals surface area contributed by atoms with Crippen molar-refractivity contribution < 1.29 is 37.3 Å².